The first kappa shape index (κ1) is 15.0. The van der Waals surface area contributed by atoms with Gasteiger partial charge in [0.15, 0.2) is 0 Å². The summed E-state index contributed by atoms with van der Waals surface area (Å²) in [4.78, 5) is 24.5. The number of ether oxygens (including phenoxy) is 1. The Labute approximate surface area is 108 Å². The summed E-state index contributed by atoms with van der Waals surface area (Å²) < 4.78 is 5.51. The highest BCUT2D eigenvalue weighted by atomic mass is 16.5. The zero-order valence-electron chi connectivity index (χ0n) is 11.4. The zero-order valence-corrected chi connectivity index (χ0v) is 11.4. The van der Waals surface area contributed by atoms with Gasteiger partial charge in [-0.2, -0.15) is 0 Å². The summed E-state index contributed by atoms with van der Waals surface area (Å²) in [6.07, 6.45) is 2.00. The van der Waals surface area contributed by atoms with Gasteiger partial charge in [0.1, 0.15) is 0 Å². The monoisotopic (exact) mass is 257 g/mol. The summed E-state index contributed by atoms with van der Waals surface area (Å²) in [6.45, 7) is 7.03. The molecule has 0 aliphatic carbocycles. The quantitative estimate of drug-likeness (QED) is 0.810. The molecule has 1 aliphatic heterocycles. The van der Waals surface area contributed by atoms with E-state index in [2.05, 4.69) is 0 Å². The SMILES string of the molecule is CC(C)(C)C(=O)N(CCC(=O)O)CC1CCCO1. The lowest BCUT2D eigenvalue weighted by Gasteiger charge is -2.30. The summed E-state index contributed by atoms with van der Waals surface area (Å²) >= 11 is 0. The van der Waals surface area contributed by atoms with Crippen LogP contribution in [0.2, 0.25) is 0 Å². The van der Waals surface area contributed by atoms with Gasteiger partial charge >= 0.3 is 5.97 Å². The number of carboxylic acid groups (broad SMARTS) is 1. The van der Waals surface area contributed by atoms with Crippen molar-refractivity contribution in [2.24, 2.45) is 5.41 Å². The Bertz CT molecular complexity index is 303. The van der Waals surface area contributed by atoms with Gasteiger partial charge in [-0.25, -0.2) is 0 Å². The number of carboxylic acids is 1. The maximum Gasteiger partial charge on any atom is 0.305 e. The van der Waals surface area contributed by atoms with E-state index in [1.165, 1.54) is 0 Å². The van der Waals surface area contributed by atoms with Crippen LogP contribution in [0, 0.1) is 5.41 Å². The summed E-state index contributed by atoms with van der Waals surface area (Å²) in [5.74, 6) is -0.895. The molecule has 1 aliphatic rings. The first-order valence-electron chi connectivity index (χ1n) is 6.43. The van der Waals surface area contributed by atoms with Gasteiger partial charge in [0.25, 0.3) is 0 Å². The molecule has 0 aromatic rings. The number of aliphatic carboxylic acids is 1. The van der Waals surface area contributed by atoms with Gasteiger partial charge in [-0.1, -0.05) is 20.8 Å². The van der Waals surface area contributed by atoms with E-state index >= 15 is 0 Å². The van der Waals surface area contributed by atoms with Crippen molar-refractivity contribution in [1.82, 2.24) is 4.90 Å². The Kier molecular flexibility index (Phi) is 5.14. The minimum absolute atomic E-state index is 0.0146. The van der Waals surface area contributed by atoms with Crippen molar-refractivity contribution in [2.45, 2.75) is 46.1 Å². The molecule has 1 unspecified atom stereocenters. The molecule has 0 aromatic heterocycles. The second-order valence-corrected chi connectivity index (χ2v) is 5.78. The van der Waals surface area contributed by atoms with E-state index in [0.29, 0.717) is 6.54 Å². The van der Waals surface area contributed by atoms with Crippen molar-refractivity contribution in [1.29, 1.82) is 0 Å². The molecule has 104 valence electrons. The fourth-order valence-electron chi connectivity index (χ4n) is 2.01. The first-order valence-corrected chi connectivity index (χ1v) is 6.43. The van der Waals surface area contributed by atoms with E-state index < -0.39 is 11.4 Å². The number of amides is 1. The van der Waals surface area contributed by atoms with E-state index in [0.717, 1.165) is 19.4 Å². The van der Waals surface area contributed by atoms with Crippen LogP contribution in [0.5, 0.6) is 0 Å². The lowest BCUT2D eigenvalue weighted by Crippen LogP contribution is -2.44. The third-order valence-corrected chi connectivity index (χ3v) is 2.97. The molecule has 0 bridgehead atoms. The third kappa shape index (κ3) is 4.64. The van der Waals surface area contributed by atoms with E-state index in [9.17, 15) is 9.59 Å². The maximum atomic E-state index is 12.2. The van der Waals surface area contributed by atoms with Gasteiger partial charge in [-0.05, 0) is 12.8 Å². The summed E-state index contributed by atoms with van der Waals surface area (Å²) in [7, 11) is 0. The molecule has 0 aromatic carbocycles. The van der Waals surface area contributed by atoms with E-state index in [-0.39, 0.29) is 25.0 Å². The lowest BCUT2D eigenvalue weighted by atomic mass is 9.94. The molecule has 1 N–H and O–H groups in total. The second-order valence-electron chi connectivity index (χ2n) is 5.78. The van der Waals surface area contributed by atoms with E-state index in [1.807, 2.05) is 20.8 Å². The average molecular weight is 257 g/mol. The minimum atomic E-state index is -0.881. The summed E-state index contributed by atoms with van der Waals surface area (Å²) in [6, 6.07) is 0. The number of carbonyl (C=O) groups is 2. The van der Waals surface area contributed by atoms with E-state index in [4.69, 9.17) is 9.84 Å². The standard InChI is InChI=1S/C13H23NO4/c1-13(2,3)12(17)14(7-6-11(15)16)9-10-5-4-8-18-10/h10H,4-9H2,1-3H3,(H,15,16). The fraction of sp³-hybridized carbons (Fsp3) is 0.846. The highest BCUT2D eigenvalue weighted by Gasteiger charge is 2.30. The molecule has 0 spiro atoms. The number of rotatable bonds is 5. The Morgan fingerprint density at radius 2 is 2.06 bits per heavy atom. The van der Waals surface area contributed by atoms with Crippen molar-refractivity contribution in [3.63, 3.8) is 0 Å². The van der Waals surface area contributed by atoms with Gasteiger partial charge in [0.05, 0.1) is 12.5 Å². The number of hydrogen-bond donors (Lipinski definition) is 1. The van der Waals surface area contributed by atoms with Gasteiger partial charge in [0, 0.05) is 25.1 Å². The molecular formula is C13H23NO4. The molecule has 5 heteroatoms. The summed E-state index contributed by atoms with van der Waals surface area (Å²) in [5, 5.41) is 8.74. The first-order chi connectivity index (χ1) is 8.30. The average Bonchev–Trinajstić information content (AvgIpc) is 2.74. The zero-order chi connectivity index (χ0) is 13.8. The highest BCUT2D eigenvalue weighted by Crippen LogP contribution is 2.20. The van der Waals surface area contributed by atoms with Crippen LogP contribution in [0.25, 0.3) is 0 Å². The third-order valence-electron chi connectivity index (χ3n) is 2.97. The highest BCUT2D eigenvalue weighted by molar-refractivity contribution is 5.82. The maximum absolute atomic E-state index is 12.2. The number of hydrogen-bond acceptors (Lipinski definition) is 3. The Hall–Kier alpha value is -1.10. The van der Waals surface area contributed by atoms with Crippen LogP contribution in [-0.2, 0) is 14.3 Å². The fourth-order valence-corrected chi connectivity index (χ4v) is 2.01. The van der Waals surface area contributed by atoms with Crippen LogP contribution < -0.4 is 0 Å². The molecule has 0 radical (unpaired) electrons. The van der Waals surface area contributed by atoms with Crippen LogP contribution in [0.3, 0.4) is 0 Å². The topological polar surface area (TPSA) is 66.8 Å². The van der Waals surface area contributed by atoms with Gasteiger partial charge in [-0.3, -0.25) is 9.59 Å². The van der Waals surface area contributed by atoms with Crippen LogP contribution in [0.1, 0.15) is 40.0 Å². The van der Waals surface area contributed by atoms with Gasteiger partial charge < -0.3 is 14.7 Å². The Balaban J connectivity index is 2.61. The van der Waals surface area contributed by atoms with Crippen molar-refractivity contribution >= 4 is 11.9 Å². The van der Waals surface area contributed by atoms with Crippen molar-refractivity contribution in [3.8, 4) is 0 Å². The second kappa shape index (κ2) is 6.18. The van der Waals surface area contributed by atoms with Crippen molar-refractivity contribution in [2.75, 3.05) is 19.7 Å². The number of nitrogens with zero attached hydrogens (tertiary/aromatic N) is 1. The predicted molar refractivity (Wildman–Crippen MR) is 67.3 cm³/mol. The van der Waals surface area contributed by atoms with E-state index in [1.54, 1.807) is 4.90 Å². The van der Waals surface area contributed by atoms with Crippen molar-refractivity contribution in [3.05, 3.63) is 0 Å². The molecule has 18 heavy (non-hydrogen) atoms. The lowest BCUT2D eigenvalue weighted by molar-refractivity contribution is -0.143. The van der Waals surface area contributed by atoms with Crippen LogP contribution in [-0.4, -0.2) is 47.7 Å². The smallest absolute Gasteiger partial charge is 0.305 e. The predicted octanol–water partition coefficient (Wildman–Crippen LogP) is 1.51. The Morgan fingerprint density at radius 1 is 1.39 bits per heavy atom. The normalized spacial score (nSPS) is 19.8. The molecular weight excluding hydrogens is 234 g/mol. The molecule has 1 rings (SSSR count). The molecule has 1 amide bonds. The van der Waals surface area contributed by atoms with Crippen LogP contribution >= 0.6 is 0 Å². The number of carbonyl (C=O) groups excluding carboxylic acids is 1. The van der Waals surface area contributed by atoms with Gasteiger partial charge in [-0.15, -0.1) is 0 Å². The van der Waals surface area contributed by atoms with Crippen LogP contribution in [0.4, 0.5) is 0 Å². The Morgan fingerprint density at radius 3 is 2.50 bits per heavy atom. The minimum Gasteiger partial charge on any atom is -0.481 e. The van der Waals surface area contributed by atoms with Gasteiger partial charge in [0.2, 0.25) is 5.91 Å². The van der Waals surface area contributed by atoms with Crippen molar-refractivity contribution < 1.29 is 19.4 Å². The van der Waals surface area contributed by atoms with Crippen LogP contribution in [0.15, 0.2) is 0 Å². The molecule has 1 saturated heterocycles. The molecule has 5 nitrogen and oxygen atoms in total. The molecule has 1 fully saturated rings. The molecule has 1 atom stereocenters. The summed E-state index contributed by atoms with van der Waals surface area (Å²) in [5.41, 5.74) is -0.489. The molecule has 1 heterocycles. The largest absolute Gasteiger partial charge is 0.481 e. The molecule has 0 saturated carbocycles.